The highest BCUT2D eigenvalue weighted by atomic mass is 16.2. The maximum absolute atomic E-state index is 12.3. The molecule has 1 heterocycles. The summed E-state index contributed by atoms with van der Waals surface area (Å²) in [5.74, 6) is -0.00394. The Bertz CT molecular complexity index is 385. The minimum absolute atomic E-state index is 0.00394. The summed E-state index contributed by atoms with van der Waals surface area (Å²) in [5.41, 5.74) is 1.47. The quantitative estimate of drug-likeness (QED) is 0.822. The Labute approximate surface area is 116 Å². The van der Waals surface area contributed by atoms with Gasteiger partial charge in [0.1, 0.15) is 5.69 Å². The molecular weight excluding hydrogens is 238 g/mol. The lowest BCUT2D eigenvalue weighted by Gasteiger charge is -2.25. The summed E-state index contributed by atoms with van der Waals surface area (Å²) in [5, 5.41) is 3.25. The van der Waals surface area contributed by atoms with Gasteiger partial charge in [-0.25, -0.2) is 4.98 Å². The molecule has 0 aliphatic heterocycles. The summed E-state index contributed by atoms with van der Waals surface area (Å²) in [4.78, 5) is 18.3. The largest absolute Gasteiger partial charge is 0.384 e. The van der Waals surface area contributed by atoms with E-state index in [4.69, 9.17) is 0 Å². The normalized spacial score (nSPS) is 10.6. The van der Waals surface area contributed by atoms with Gasteiger partial charge in [0.2, 0.25) is 0 Å². The first-order valence-corrected chi connectivity index (χ1v) is 7.11. The number of carbonyl (C=O) groups excluding carboxylic acids is 1. The standard InChI is InChI=1S/C15H25N3O/c1-5-10-16-12-8-9-14(17-11-12)15(19)18(4)13(6-2)7-3/h8-9,11,13,16H,5-7,10H2,1-4H3. The first-order valence-electron chi connectivity index (χ1n) is 7.11. The predicted octanol–water partition coefficient (Wildman–Crippen LogP) is 3.16. The van der Waals surface area contributed by atoms with Gasteiger partial charge in [-0.3, -0.25) is 4.79 Å². The van der Waals surface area contributed by atoms with Gasteiger partial charge >= 0.3 is 0 Å². The predicted molar refractivity (Wildman–Crippen MR) is 79.5 cm³/mol. The van der Waals surface area contributed by atoms with E-state index in [1.807, 2.05) is 13.1 Å². The highest BCUT2D eigenvalue weighted by Crippen LogP contribution is 2.12. The zero-order valence-electron chi connectivity index (χ0n) is 12.4. The number of pyridine rings is 1. The third-order valence-corrected chi connectivity index (χ3v) is 3.37. The zero-order chi connectivity index (χ0) is 14.3. The molecule has 4 heteroatoms. The topological polar surface area (TPSA) is 45.2 Å². The van der Waals surface area contributed by atoms with Gasteiger partial charge < -0.3 is 10.2 Å². The van der Waals surface area contributed by atoms with E-state index >= 15 is 0 Å². The SMILES string of the molecule is CCCNc1ccc(C(=O)N(C)C(CC)CC)nc1. The van der Waals surface area contributed by atoms with E-state index in [1.165, 1.54) is 0 Å². The number of hydrogen-bond acceptors (Lipinski definition) is 3. The molecule has 0 bridgehead atoms. The van der Waals surface area contributed by atoms with Crippen molar-refractivity contribution in [1.82, 2.24) is 9.88 Å². The number of anilines is 1. The van der Waals surface area contributed by atoms with Crippen LogP contribution >= 0.6 is 0 Å². The van der Waals surface area contributed by atoms with Crippen molar-refractivity contribution in [1.29, 1.82) is 0 Å². The molecule has 0 aliphatic rings. The molecule has 0 radical (unpaired) electrons. The van der Waals surface area contributed by atoms with Crippen LogP contribution in [0.2, 0.25) is 0 Å². The summed E-state index contributed by atoms with van der Waals surface area (Å²) < 4.78 is 0. The van der Waals surface area contributed by atoms with Crippen LogP contribution in [-0.4, -0.2) is 35.4 Å². The van der Waals surface area contributed by atoms with Gasteiger partial charge in [0.05, 0.1) is 11.9 Å². The lowest BCUT2D eigenvalue weighted by Crippen LogP contribution is -2.36. The van der Waals surface area contributed by atoms with Crippen molar-refractivity contribution in [2.45, 2.75) is 46.1 Å². The van der Waals surface area contributed by atoms with E-state index in [1.54, 1.807) is 17.2 Å². The van der Waals surface area contributed by atoms with Crippen molar-refractivity contribution in [3.63, 3.8) is 0 Å². The first kappa shape index (κ1) is 15.5. The van der Waals surface area contributed by atoms with Crippen LogP contribution in [0.5, 0.6) is 0 Å². The fourth-order valence-electron chi connectivity index (χ4n) is 2.08. The molecule has 4 nitrogen and oxygen atoms in total. The monoisotopic (exact) mass is 263 g/mol. The van der Waals surface area contributed by atoms with Gasteiger partial charge in [0.15, 0.2) is 0 Å². The Morgan fingerprint density at radius 2 is 2.00 bits per heavy atom. The maximum Gasteiger partial charge on any atom is 0.272 e. The summed E-state index contributed by atoms with van der Waals surface area (Å²) in [6, 6.07) is 3.99. The van der Waals surface area contributed by atoms with Crippen LogP contribution in [0.25, 0.3) is 0 Å². The molecule has 1 aromatic heterocycles. The molecular formula is C15H25N3O. The Hall–Kier alpha value is -1.58. The average Bonchev–Trinajstić information content (AvgIpc) is 2.46. The molecule has 0 aliphatic carbocycles. The Balaban J connectivity index is 2.71. The molecule has 0 spiro atoms. The van der Waals surface area contributed by atoms with Crippen molar-refractivity contribution in [2.24, 2.45) is 0 Å². The van der Waals surface area contributed by atoms with Crippen molar-refractivity contribution in [3.05, 3.63) is 24.0 Å². The van der Waals surface area contributed by atoms with Crippen LogP contribution in [0, 0.1) is 0 Å². The second-order valence-corrected chi connectivity index (χ2v) is 4.75. The van der Waals surface area contributed by atoms with Crippen molar-refractivity contribution < 1.29 is 4.79 Å². The molecule has 1 amide bonds. The molecule has 0 saturated heterocycles. The average molecular weight is 263 g/mol. The van der Waals surface area contributed by atoms with Crippen LogP contribution in [-0.2, 0) is 0 Å². The van der Waals surface area contributed by atoms with Crippen molar-refractivity contribution >= 4 is 11.6 Å². The van der Waals surface area contributed by atoms with Crippen molar-refractivity contribution in [3.8, 4) is 0 Å². The number of amides is 1. The molecule has 0 aromatic carbocycles. The van der Waals surface area contributed by atoms with Crippen LogP contribution in [0.15, 0.2) is 18.3 Å². The lowest BCUT2D eigenvalue weighted by molar-refractivity contribution is 0.0718. The van der Waals surface area contributed by atoms with Crippen LogP contribution < -0.4 is 5.32 Å². The fourth-order valence-corrected chi connectivity index (χ4v) is 2.08. The highest BCUT2D eigenvalue weighted by Gasteiger charge is 2.19. The van der Waals surface area contributed by atoms with E-state index < -0.39 is 0 Å². The second-order valence-electron chi connectivity index (χ2n) is 4.75. The van der Waals surface area contributed by atoms with E-state index in [0.717, 1.165) is 31.5 Å². The van der Waals surface area contributed by atoms with E-state index in [9.17, 15) is 4.79 Å². The van der Waals surface area contributed by atoms with Gasteiger partial charge in [-0.2, -0.15) is 0 Å². The third-order valence-electron chi connectivity index (χ3n) is 3.37. The number of nitrogens with one attached hydrogen (secondary N) is 1. The smallest absolute Gasteiger partial charge is 0.272 e. The summed E-state index contributed by atoms with van der Waals surface area (Å²) in [6.07, 6.45) is 4.73. The third kappa shape index (κ3) is 4.23. The Morgan fingerprint density at radius 1 is 1.32 bits per heavy atom. The van der Waals surface area contributed by atoms with E-state index in [0.29, 0.717) is 5.69 Å². The maximum atomic E-state index is 12.3. The number of hydrogen-bond donors (Lipinski definition) is 1. The number of carbonyl (C=O) groups is 1. The highest BCUT2D eigenvalue weighted by molar-refractivity contribution is 5.92. The van der Waals surface area contributed by atoms with Crippen molar-refractivity contribution in [2.75, 3.05) is 18.9 Å². The molecule has 19 heavy (non-hydrogen) atoms. The first-order chi connectivity index (χ1) is 9.13. The molecule has 0 fully saturated rings. The van der Waals surface area contributed by atoms with E-state index in [2.05, 4.69) is 31.1 Å². The molecule has 0 atom stereocenters. The molecule has 1 aromatic rings. The van der Waals surface area contributed by atoms with Crippen LogP contribution in [0.3, 0.4) is 0 Å². The number of aromatic nitrogens is 1. The van der Waals surface area contributed by atoms with Gasteiger partial charge in [0.25, 0.3) is 5.91 Å². The Morgan fingerprint density at radius 3 is 2.47 bits per heavy atom. The minimum atomic E-state index is -0.00394. The lowest BCUT2D eigenvalue weighted by atomic mass is 10.1. The van der Waals surface area contributed by atoms with Crippen LogP contribution in [0.1, 0.15) is 50.5 Å². The van der Waals surface area contributed by atoms with Gasteiger partial charge in [-0.1, -0.05) is 20.8 Å². The number of nitrogens with zero attached hydrogens (tertiary/aromatic N) is 2. The molecule has 106 valence electrons. The van der Waals surface area contributed by atoms with E-state index in [-0.39, 0.29) is 11.9 Å². The van der Waals surface area contributed by atoms with Gasteiger partial charge in [-0.05, 0) is 31.4 Å². The Kier molecular flexibility index (Phi) is 6.33. The number of rotatable bonds is 7. The molecule has 1 N–H and O–H groups in total. The van der Waals surface area contributed by atoms with Gasteiger partial charge in [0, 0.05) is 19.6 Å². The fraction of sp³-hybridized carbons (Fsp3) is 0.600. The molecule has 0 unspecified atom stereocenters. The molecule has 0 saturated carbocycles. The van der Waals surface area contributed by atoms with Crippen LogP contribution in [0.4, 0.5) is 5.69 Å². The molecule has 1 rings (SSSR count). The second kappa shape index (κ2) is 7.77. The zero-order valence-corrected chi connectivity index (χ0v) is 12.4. The summed E-state index contributed by atoms with van der Waals surface area (Å²) >= 11 is 0. The minimum Gasteiger partial charge on any atom is -0.384 e. The van der Waals surface area contributed by atoms with Gasteiger partial charge in [-0.15, -0.1) is 0 Å². The summed E-state index contributed by atoms with van der Waals surface area (Å²) in [7, 11) is 1.85. The summed E-state index contributed by atoms with van der Waals surface area (Å²) in [6.45, 7) is 7.23.